The Morgan fingerprint density at radius 1 is 1.50 bits per heavy atom. The molecule has 5 nitrogen and oxygen atoms in total. The van der Waals surface area contributed by atoms with Gasteiger partial charge in [-0.05, 0) is 24.8 Å². The van der Waals surface area contributed by atoms with Gasteiger partial charge in [0.15, 0.2) is 0 Å². The average Bonchev–Trinajstić information content (AvgIpc) is 2.38. The van der Waals surface area contributed by atoms with Crippen LogP contribution < -0.4 is 16.0 Å². The normalized spacial score (nSPS) is 17.1. The van der Waals surface area contributed by atoms with Crippen molar-refractivity contribution in [2.45, 2.75) is 12.8 Å². The number of hydrazine groups is 1. The molecular formula is C11H17N3O2. The Labute approximate surface area is 94.9 Å². The van der Waals surface area contributed by atoms with Crippen LogP contribution in [0.2, 0.25) is 0 Å². The Hall–Kier alpha value is -1.33. The number of hydrogen-bond acceptors (Lipinski definition) is 5. The van der Waals surface area contributed by atoms with Crippen LogP contribution in [0.5, 0.6) is 5.75 Å². The lowest BCUT2D eigenvalue weighted by atomic mass is 10.0. The van der Waals surface area contributed by atoms with Gasteiger partial charge in [-0.15, -0.1) is 0 Å². The van der Waals surface area contributed by atoms with Gasteiger partial charge in [0.25, 0.3) is 0 Å². The van der Waals surface area contributed by atoms with E-state index in [0.29, 0.717) is 11.7 Å². The smallest absolute Gasteiger partial charge is 0.143 e. The maximum Gasteiger partial charge on any atom is 0.143 e. The first-order valence-corrected chi connectivity index (χ1v) is 5.51. The fourth-order valence-electron chi connectivity index (χ4n) is 1.71. The van der Waals surface area contributed by atoms with Gasteiger partial charge < -0.3 is 14.9 Å². The summed E-state index contributed by atoms with van der Waals surface area (Å²) in [6.45, 7) is 2.43. The van der Waals surface area contributed by atoms with Gasteiger partial charge in [-0.25, -0.2) is 10.8 Å². The zero-order valence-corrected chi connectivity index (χ0v) is 9.19. The minimum atomic E-state index is 0.594. The minimum absolute atomic E-state index is 0.594. The monoisotopic (exact) mass is 223 g/mol. The maximum atomic E-state index is 5.70. The number of anilines is 1. The van der Waals surface area contributed by atoms with Gasteiger partial charge in [-0.1, -0.05) is 0 Å². The van der Waals surface area contributed by atoms with Crippen LogP contribution >= 0.6 is 0 Å². The van der Waals surface area contributed by atoms with E-state index in [1.54, 1.807) is 12.3 Å². The van der Waals surface area contributed by atoms with Crippen molar-refractivity contribution in [1.29, 1.82) is 0 Å². The van der Waals surface area contributed by atoms with Gasteiger partial charge in [0, 0.05) is 25.5 Å². The van der Waals surface area contributed by atoms with Crippen LogP contribution in [0.4, 0.5) is 5.82 Å². The van der Waals surface area contributed by atoms with Crippen molar-refractivity contribution in [2.75, 3.05) is 25.2 Å². The molecule has 88 valence electrons. The van der Waals surface area contributed by atoms with Crippen LogP contribution in [0.3, 0.4) is 0 Å². The van der Waals surface area contributed by atoms with Crippen molar-refractivity contribution >= 4 is 5.82 Å². The summed E-state index contributed by atoms with van der Waals surface area (Å²) in [6, 6.07) is 3.62. The average molecular weight is 223 g/mol. The molecule has 2 rings (SSSR count). The minimum Gasteiger partial charge on any atom is -0.493 e. The van der Waals surface area contributed by atoms with E-state index in [-0.39, 0.29) is 0 Å². The van der Waals surface area contributed by atoms with E-state index in [1.165, 1.54) is 0 Å². The van der Waals surface area contributed by atoms with Gasteiger partial charge in [-0.2, -0.15) is 0 Å². The summed E-state index contributed by atoms with van der Waals surface area (Å²) in [5.74, 6) is 7.28. The van der Waals surface area contributed by atoms with Crippen LogP contribution in [0.15, 0.2) is 18.3 Å². The number of hydrogen-bond donors (Lipinski definition) is 2. The number of nitrogen functional groups attached to an aromatic ring is 1. The quantitative estimate of drug-likeness (QED) is 0.592. The van der Waals surface area contributed by atoms with Gasteiger partial charge in [0.1, 0.15) is 11.6 Å². The summed E-state index contributed by atoms with van der Waals surface area (Å²) in [7, 11) is 0. The fraction of sp³-hybridized carbons (Fsp3) is 0.545. The first-order chi connectivity index (χ1) is 7.88. The van der Waals surface area contributed by atoms with Crippen LogP contribution in [0, 0.1) is 5.92 Å². The molecule has 0 unspecified atom stereocenters. The summed E-state index contributed by atoms with van der Waals surface area (Å²) in [5, 5.41) is 0. The van der Waals surface area contributed by atoms with E-state index >= 15 is 0 Å². The largest absolute Gasteiger partial charge is 0.493 e. The Morgan fingerprint density at radius 3 is 3.06 bits per heavy atom. The highest BCUT2D eigenvalue weighted by Crippen LogP contribution is 2.18. The number of ether oxygens (including phenoxy) is 2. The molecule has 3 N–H and O–H groups in total. The van der Waals surface area contributed by atoms with Gasteiger partial charge >= 0.3 is 0 Å². The molecule has 0 amide bonds. The van der Waals surface area contributed by atoms with Crippen LogP contribution in [0.25, 0.3) is 0 Å². The molecule has 0 atom stereocenters. The molecule has 1 aromatic heterocycles. The van der Waals surface area contributed by atoms with Crippen molar-refractivity contribution in [3.8, 4) is 5.75 Å². The Morgan fingerprint density at radius 2 is 2.31 bits per heavy atom. The summed E-state index contributed by atoms with van der Waals surface area (Å²) < 4.78 is 11.0. The second-order valence-electron chi connectivity index (χ2n) is 3.89. The highest BCUT2D eigenvalue weighted by atomic mass is 16.5. The lowest BCUT2D eigenvalue weighted by Crippen LogP contribution is -2.21. The third kappa shape index (κ3) is 3.08. The molecule has 0 aliphatic carbocycles. The topological polar surface area (TPSA) is 69.4 Å². The van der Waals surface area contributed by atoms with E-state index in [9.17, 15) is 0 Å². The van der Waals surface area contributed by atoms with Crippen LogP contribution in [0.1, 0.15) is 12.8 Å². The summed E-state index contributed by atoms with van der Waals surface area (Å²) in [4.78, 5) is 4.02. The number of rotatable bonds is 4. The molecule has 1 saturated heterocycles. The maximum absolute atomic E-state index is 5.70. The molecular weight excluding hydrogens is 206 g/mol. The number of pyridine rings is 1. The van der Waals surface area contributed by atoms with Crippen molar-refractivity contribution in [1.82, 2.24) is 4.98 Å². The molecule has 0 spiro atoms. The molecule has 0 bridgehead atoms. The molecule has 1 aromatic rings. The molecule has 1 aliphatic rings. The predicted molar refractivity (Wildman–Crippen MR) is 61.1 cm³/mol. The summed E-state index contributed by atoms with van der Waals surface area (Å²) in [6.07, 6.45) is 3.83. The van der Waals surface area contributed by atoms with E-state index in [4.69, 9.17) is 15.3 Å². The van der Waals surface area contributed by atoms with Gasteiger partial charge in [0.2, 0.25) is 0 Å². The number of aromatic nitrogens is 1. The lowest BCUT2D eigenvalue weighted by molar-refractivity contribution is 0.0497. The Balaban J connectivity index is 1.83. The molecule has 0 saturated carbocycles. The molecule has 5 heteroatoms. The molecule has 2 heterocycles. The number of nitrogens with one attached hydrogen (secondary N) is 1. The van der Waals surface area contributed by atoms with E-state index < -0.39 is 0 Å². The third-order valence-electron chi connectivity index (χ3n) is 2.71. The van der Waals surface area contributed by atoms with Gasteiger partial charge in [-0.3, -0.25) is 0 Å². The molecule has 0 radical (unpaired) electrons. The molecule has 1 fully saturated rings. The first kappa shape index (κ1) is 11.2. The predicted octanol–water partition coefficient (Wildman–Crippen LogP) is 1.17. The fourth-order valence-corrected chi connectivity index (χ4v) is 1.71. The number of nitrogens with two attached hydrogens (primary N) is 1. The van der Waals surface area contributed by atoms with Crippen LogP contribution in [-0.4, -0.2) is 24.8 Å². The van der Waals surface area contributed by atoms with Crippen LogP contribution in [-0.2, 0) is 4.74 Å². The van der Waals surface area contributed by atoms with Crippen molar-refractivity contribution in [3.05, 3.63) is 18.3 Å². The highest BCUT2D eigenvalue weighted by molar-refractivity contribution is 5.39. The van der Waals surface area contributed by atoms with Crippen molar-refractivity contribution in [3.63, 3.8) is 0 Å². The van der Waals surface area contributed by atoms with E-state index in [2.05, 4.69) is 10.4 Å². The molecule has 0 aromatic carbocycles. The van der Waals surface area contributed by atoms with E-state index in [1.807, 2.05) is 6.07 Å². The standard InChI is InChI=1S/C11H17N3O2/c12-14-11-7-10(1-4-13-11)16-8-9-2-5-15-6-3-9/h1,4,7,9H,2-3,5-6,8,12H2,(H,13,14). The second-order valence-corrected chi connectivity index (χ2v) is 3.89. The SMILES string of the molecule is NNc1cc(OCC2CCOCC2)ccn1. The Bertz CT molecular complexity index is 327. The van der Waals surface area contributed by atoms with Crippen molar-refractivity contribution in [2.24, 2.45) is 11.8 Å². The lowest BCUT2D eigenvalue weighted by Gasteiger charge is -2.22. The highest BCUT2D eigenvalue weighted by Gasteiger charge is 2.14. The van der Waals surface area contributed by atoms with Crippen molar-refractivity contribution < 1.29 is 9.47 Å². The molecule has 16 heavy (non-hydrogen) atoms. The third-order valence-corrected chi connectivity index (χ3v) is 2.71. The summed E-state index contributed by atoms with van der Waals surface area (Å²) >= 11 is 0. The molecule has 1 aliphatic heterocycles. The zero-order valence-electron chi connectivity index (χ0n) is 9.19. The Kier molecular flexibility index (Phi) is 3.96. The second kappa shape index (κ2) is 5.67. The number of nitrogens with zero attached hydrogens (tertiary/aromatic N) is 1. The first-order valence-electron chi connectivity index (χ1n) is 5.51. The van der Waals surface area contributed by atoms with E-state index in [0.717, 1.165) is 38.4 Å². The summed E-state index contributed by atoms with van der Waals surface area (Å²) in [5.41, 5.74) is 2.49. The zero-order chi connectivity index (χ0) is 11.2. The van der Waals surface area contributed by atoms with Gasteiger partial charge in [0.05, 0.1) is 6.61 Å².